The Labute approximate surface area is 141 Å². The van der Waals surface area contributed by atoms with Gasteiger partial charge in [0.1, 0.15) is 17.3 Å². The average Bonchev–Trinajstić information content (AvgIpc) is 2.43. The second kappa shape index (κ2) is 7.38. The van der Waals surface area contributed by atoms with Crippen molar-refractivity contribution in [3.8, 4) is 11.5 Å². The third kappa shape index (κ3) is 4.28. The Morgan fingerprint density at radius 3 is 2.62 bits per heavy atom. The summed E-state index contributed by atoms with van der Waals surface area (Å²) >= 11 is 6.62. The maximum absolute atomic E-state index is 13.3. The van der Waals surface area contributed by atoms with Crippen molar-refractivity contribution >= 4 is 31.9 Å². The van der Waals surface area contributed by atoms with Crippen LogP contribution < -0.4 is 10.1 Å². The molecule has 0 spiro atoms. The minimum absolute atomic E-state index is 0.169. The number of hydrogen-bond acceptors (Lipinski definition) is 2. The van der Waals surface area contributed by atoms with E-state index < -0.39 is 0 Å². The Kier molecular flexibility index (Phi) is 5.79. The first-order valence-electron chi connectivity index (χ1n) is 6.67. The Balaban J connectivity index is 2.33. The van der Waals surface area contributed by atoms with Gasteiger partial charge >= 0.3 is 0 Å². The van der Waals surface area contributed by atoms with Crippen LogP contribution >= 0.6 is 31.9 Å². The predicted octanol–water partition coefficient (Wildman–Crippen LogP) is 5.81. The molecule has 0 amide bonds. The number of rotatable bonds is 5. The van der Waals surface area contributed by atoms with E-state index in [2.05, 4.69) is 51.0 Å². The molecule has 0 fully saturated rings. The predicted molar refractivity (Wildman–Crippen MR) is 90.4 cm³/mol. The second-order valence-electron chi connectivity index (χ2n) is 4.64. The first-order chi connectivity index (χ1) is 10.0. The van der Waals surface area contributed by atoms with Crippen molar-refractivity contribution in [3.05, 3.63) is 56.7 Å². The zero-order valence-electron chi connectivity index (χ0n) is 11.8. The van der Waals surface area contributed by atoms with E-state index in [4.69, 9.17) is 4.74 Å². The summed E-state index contributed by atoms with van der Waals surface area (Å²) in [6.07, 6.45) is 0. The molecule has 112 valence electrons. The Hall–Kier alpha value is -0.910. The van der Waals surface area contributed by atoms with Crippen molar-refractivity contribution in [1.29, 1.82) is 0 Å². The third-order valence-electron chi connectivity index (χ3n) is 3.07. The number of hydrogen-bond donors (Lipinski definition) is 1. The fraction of sp³-hybridized carbons (Fsp3) is 0.250. The molecular formula is C16H16Br2FNO. The van der Waals surface area contributed by atoms with Crippen LogP contribution in [0.2, 0.25) is 0 Å². The Morgan fingerprint density at radius 2 is 1.95 bits per heavy atom. The molecule has 1 unspecified atom stereocenters. The largest absolute Gasteiger partial charge is 0.457 e. The molecule has 0 saturated carbocycles. The molecule has 21 heavy (non-hydrogen) atoms. The SMILES string of the molecule is CCNC(C)c1ccc(Br)cc1Oc1ccc(F)c(Br)c1. The van der Waals surface area contributed by atoms with Crippen LogP contribution in [0, 0.1) is 5.82 Å². The smallest absolute Gasteiger partial charge is 0.137 e. The summed E-state index contributed by atoms with van der Waals surface area (Å²) in [5, 5.41) is 3.36. The lowest BCUT2D eigenvalue weighted by Crippen LogP contribution is -2.18. The zero-order chi connectivity index (χ0) is 15.4. The van der Waals surface area contributed by atoms with Crippen LogP contribution in [0.1, 0.15) is 25.5 Å². The fourth-order valence-corrected chi connectivity index (χ4v) is 2.74. The second-order valence-corrected chi connectivity index (χ2v) is 6.41. The first kappa shape index (κ1) is 16.5. The molecule has 2 rings (SSSR count). The summed E-state index contributed by atoms with van der Waals surface area (Å²) in [4.78, 5) is 0. The van der Waals surface area contributed by atoms with Crippen LogP contribution in [-0.4, -0.2) is 6.54 Å². The molecule has 2 aromatic carbocycles. The standard InChI is InChI=1S/C16H16Br2FNO/c1-3-20-10(2)13-6-4-11(17)8-16(13)21-12-5-7-15(19)14(18)9-12/h4-10,20H,3H2,1-2H3. The van der Waals surface area contributed by atoms with Crippen LogP contribution in [0.3, 0.4) is 0 Å². The summed E-state index contributed by atoms with van der Waals surface area (Å²) in [5.41, 5.74) is 1.06. The van der Waals surface area contributed by atoms with Crippen molar-refractivity contribution in [2.75, 3.05) is 6.54 Å². The third-order valence-corrected chi connectivity index (χ3v) is 4.17. The molecule has 0 aromatic heterocycles. The van der Waals surface area contributed by atoms with Gasteiger partial charge in [0.05, 0.1) is 4.47 Å². The lowest BCUT2D eigenvalue weighted by molar-refractivity contribution is 0.460. The van der Waals surface area contributed by atoms with Crippen molar-refractivity contribution in [2.45, 2.75) is 19.9 Å². The van der Waals surface area contributed by atoms with Crippen LogP contribution in [-0.2, 0) is 0 Å². The molecule has 1 N–H and O–H groups in total. The molecule has 0 saturated heterocycles. The van der Waals surface area contributed by atoms with Crippen LogP contribution in [0.25, 0.3) is 0 Å². The maximum atomic E-state index is 13.3. The van der Waals surface area contributed by atoms with Crippen LogP contribution in [0.5, 0.6) is 11.5 Å². The Morgan fingerprint density at radius 1 is 1.19 bits per heavy atom. The van der Waals surface area contributed by atoms with Gasteiger partial charge in [-0.1, -0.05) is 28.9 Å². The molecule has 0 aliphatic rings. The molecular weight excluding hydrogens is 401 g/mol. The monoisotopic (exact) mass is 415 g/mol. The van der Waals surface area contributed by atoms with E-state index in [0.717, 1.165) is 22.3 Å². The lowest BCUT2D eigenvalue weighted by atomic mass is 10.1. The topological polar surface area (TPSA) is 21.3 Å². The molecule has 0 bridgehead atoms. The van der Waals surface area contributed by atoms with Crippen LogP contribution in [0.15, 0.2) is 45.3 Å². The van der Waals surface area contributed by atoms with Crippen LogP contribution in [0.4, 0.5) is 4.39 Å². The number of nitrogens with one attached hydrogen (secondary N) is 1. The average molecular weight is 417 g/mol. The molecule has 1 atom stereocenters. The van der Waals surface area contributed by atoms with Gasteiger partial charge in [-0.25, -0.2) is 4.39 Å². The van der Waals surface area contributed by atoms with Gasteiger partial charge < -0.3 is 10.1 Å². The molecule has 5 heteroatoms. The van der Waals surface area contributed by atoms with Crippen molar-refractivity contribution < 1.29 is 9.13 Å². The van der Waals surface area contributed by atoms with Gasteiger partial charge in [-0.2, -0.15) is 0 Å². The van der Waals surface area contributed by atoms with Gasteiger partial charge in [-0.15, -0.1) is 0 Å². The van der Waals surface area contributed by atoms with Crippen molar-refractivity contribution in [1.82, 2.24) is 5.32 Å². The van der Waals surface area contributed by atoms with Gasteiger partial charge in [0.25, 0.3) is 0 Å². The number of halogens is 3. The van der Waals surface area contributed by atoms with Gasteiger partial charge in [-0.3, -0.25) is 0 Å². The highest BCUT2D eigenvalue weighted by Gasteiger charge is 2.13. The summed E-state index contributed by atoms with van der Waals surface area (Å²) in [5.74, 6) is 1.03. The number of ether oxygens (including phenoxy) is 1. The molecule has 0 aliphatic heterocycles. The fourth-order valence-electron chi connectivity index (χ4n) is 2.04. The summed E-state index contributed by atoms with van der Waals surface area (Å²) < 4.78 is 20.5. The van der Waals surface area contributed by atoms with E-state index >= 15 is 0 Å². The molecule has 0 radical (unpaired) electrons. The number of benzene rings is 2. The lowest BCUT2D eigenvalue weighted by Gasteiger charge is -2.18. The summed E-state index contributed by atoms with van der Waals surface area (Å²) in [7, 11) is 0. The van der Waals surface area contributed by atoms with E-state index in [9.17, 15) is 4.39 Å². The molecule has 0 heterocycles. The quantitative estimate of drug-likeness (QED) is 0.663. The zero-order valence-corrected chi connectivity index (χ0v) is 15.0. The van der Waals surface area contributed by atoms with Gasteiger partial charge in [-0.05, 0) is 59.7 Å². The van der Waals surface area contributed by atoms with E-state index in [1.165, 1.54) is 6.07 Å². The summed E-state index contributed by atoms with van der Waals surface area (Å²) in [6, 6.07) is 10.7. The molecule has 0 aliphatic carbocycles. The van der Waals surface area contributed by atoms with Crippen molar-refractivity contribution in [2.24, 2.45) is 0 Å². The van der Waals surface area contributed by atoms with Gasteiger partial charge in [0.2, 0.25) is 0 Å². The molecule has 2 aromatic rings. The van der Waals surface area contributed by atoms with Crippen molar-refractivity contribution in [3.63, 3.8) is 0 Å². The van der Waals surface area contributed by atoms with E-state index in [0.29, 0.717) is 10.2 Å². The maximum Gasteiger partial charge on any atom is 0.137 e. The van der Waals surface area contributed by atoms with E-state index in [-0.39, 0.29) is 11.9 Å². The normalized spacial score (nSPS) is 12.2. The Bertz CT molecular complexity index is 634. The van der Waals surface area contributed by atoms with Gasteiger partial charge in [0.15, 0.2) is 0 Å². The summed E-state index contributed by atoms with van der Waals surface area (Å²) in [6.45, 7) is 5.02. The highest BCUT2D eigenvalue weighted by molar-refractivity contribution is 9.10. The van der Waals surface area contributed by atoms with E-state index in [1.54, 1.807) is 12.1 Å². The molecule has 2 nitrogen and oxygen atoms in total. The van der Waals surface area contributed by atoms with E-state index in [1.807, 2.05) is 18.2 Å². The van der Waals surface area contributed by atoms with Gasteiger partial charge in [0, 0.05) is 16.1 Å². The minimum Gasteiger partial charge on any atom is -0.457 e. The highest BCUT2D eigenvalue weighted by Crippen LogP contribution is 2.33. The first-order valence-corrected chi connectivity index (χ1v) is 8.25. The minimum atomic E-state index is -0.308. The highest BCUT2D eigenvalue weighted by atomic mass is 79.9.